The molecule has 11 nitrogen and oxygen atoms in total. The van der Waals surface area contributed by atoms with Crippen LogP contribution in [0.15, 0.2) is 77.7 Å². The number of carbonyl (C=O) groups excluding carboxylic acids is 2. The largest absolute Gasteiger partial charge is 0.497 e. The van der Waals surface area contributed by atoms with E-state index in [4.69, 9.17) is 14.2 Å². The van der Waals surface area contributed by atoms with E-state index in [1.165, 1.54) is 25.3 Å². The van der Waals surface area contributed by atoms with E-state index in [2.05, 4.69) is 4.72 Å². The monoisotopic (exact) mass is 695 g/mol. The number of aliphatic hydroxyl groups is 1. The molecule has 12 heteroatoms. The minimum atomic E-state index is -3.99. The number of sulfonamides is 1. The summed E-state index contributed by atoms with van der Waals surface area (Å²) in [5.74, 6) is 0.150. The van der Waals surface area contributed by atoms with Crippen molar-refractivity contribution in [2.24, 2.45) is 5.92 Å². The highest BCUT2D eigenvalue weighted by Gasteiger charge is 2.31. The molecule has 3 aromatic carbocycles. The Morgan fingerprint density at radius 1 is 1.08 bits per heavy atom. The molecule has 4 atom stereocenters. The maximum absolute atomic E-state index is 14.4. The lowest BCUT2D eigenvalue weighted by Crippen LogP contribution is -2.48. The van der Waals surface area contributed by atoms with E-state index in [0.717, 1.165) is 18.4 Å². The molecule has 0 aliphatic carbocycles. The summed E-state index contributed by atoms with van der Waals surface area (Å²) in [7, 11) is -0.733. The minimum absolute atomic E-state index is 0.0344. The van der Waals surface area contributed by atoms with Gasteiger partial charge in [-0.1, -0.05) is 37.3 Å². The van der Waals surface area contributed by atoms with Gasteiger partial charge in [0.2, 0.25) is 5.91 Å². The van der Waals surface area contributed by atoms with Gasteiger partial charge in [0.25, 0.3) is 15.9 Å². The van der Waals surface area contributed by atoms with Gasteiger partial charge in [-0.15, -0.1) is 0 Å². The Morgan fingerprint density at radius 2 is 1.80 bits per heavy atom. The molecule has 3 aromatic rings. The number of anilines is 1. The van der Waals surface area contributed by atoms with Crippen molar-refractivity contribution < 1.29 is 37.3 Å². The average Bonchev–Trinajstić information content (AvgIpc) is 3.09. The first-order valence-electron chi connectivity index (χ1n) is 16.7. The van der Waals surface area contributed by atoms with Crippen molar-refractivity contribution in [2.45, 2.75) is 69.6 Å². The molecule has 0 unspecified atom stereocenters. The van der Waals surface area contributed by atoms with Gasteiger partial charge < -0.3 is 29.1 Å². The van der Waals surface area contributed by atoms with Crippen LogP contribution < -0.4 is 14.2 Å². The normalized spacial score (nSPS) is 19.9. The van der Waals surface area contributed by atoms with Gasteiger partial charge in [0.15, 0.2) is 0 Å². The van der Waals surface area contributed by atoms with Crippen molar-refractivity contribution in [1.29, 1.82) is 0 Å². The number of amides is 2. The predicted octanol–water partition coefficient (Wildman–Crippen LogP) is 4.99. The van der Waals surface area contributed by atoms with Crippen LogP contribution in [0.25, 0.3) is 0 Å². The van der Waals surface area contributed by atoms with Gasteiger partial charge in [-0.3, -0.25) is 14.3 Å². The number of hydrogen-bond donors (Lipinski definition) is 2. The number of benzene rings is 3. The molecule has 0 bridgehead atoms. The van der Waals surface area contributed by atoms with E-state index < -0.39 is 22.0 Å². The molecule has 0 saturated carbocycles. The third-order valence-electron chi connectivity index (χ3n) is 8.75. The van der Waals surface area contributed by atoms with Crippen molar-refractivity contribution in [3.63, 3.8) is 0 Å². The second-order valence-electron chi connectivity index (χ2n) is 12.7. The lowest BCUT2D eigenvalue weighted by Gasteiger charge is -2.36. The Balaban J connectivity index is 1.63. The summed E-state index contributed by atoms with van der Waals surface area (Å²) in [6.07, 6.45) is 1.95. The zero-order valence-electron chi connectivity index (χ0n) is 29.0. The number of likely N-dealkylation sites (N-methyl/N-ethyl adjacent to an activating group) is 1. The van der Waals surface area contributed by atoms with Crippen LogP contribution in [0.3, 0.4) is 0 Å². The fourth-order valence-electron chi connectivity index (χ4n) is 5.69. The molecular formula is C37H49N3O8S. The third-order valence-corrected chi connectivity index (χ3v) is 10.1. The fraction of sp³-hybridized carbons (Fsp3) is 0.459. The SMILES string of the molecule is COc1ccc(S(=O)(=O)Nc2ccc3c(c2)C(=O)N([C@@H](C)CO)C[C@H](C)[C@H](CN(C)C(=O)Cc2ccccc2)OCCCC[C@@H](C)O3)cc1. The summed E-state index contributed by atoms with van der Waals surface area (Å²) in [6.45, 7) is 6.37. The maximum atomic E-state index is 14.4. The topological polar surface area (TPSA) is 135 Å². The molecule has 0 saturated heterocycles. The molecule has 2 N–H and O–H groups in total. The van der Waals surface area contributed by atoms with Gasteiger partial charge >= 0.3 is 0 Å². The van der Waals surface area contributed by atoms with E-state index in [1.54, 1.807) is 48.0 Å². The van der Waals surface area contributed by atoms with Crippen LogP contribution in [0, 0.1) is 5.92 Å². The van der Waals surface area contributed by atoms with Crippen molar-refractivity contribution >= 4 is 27.5 Å². The summed E-state index contributed by atoms with van der Waals surface area (Å²) in [5.41, 5.74) is 1.28. The molecule has 1 aliphatic rings. The van der Waals surface area contributed by atoms with Crippen molar-refractivity contribution in [2.75, 3.05) is 45.2 Å². The zero-order valence-corrected chi connectivity index (χ0v) is 29.8. The second-order valence-corrected chi connectivity index (χ2v) is 14.4. The molecule has 49 heavy (non-hydrogen) atoms. The van der Waals surface area contributed by atoms with Gasteiger partial charge in [-0.2, -0.15) is 0 Å². The molecule has 0 radical (unpaired) electrons. The van der Waals surface area contributed by atoms with Crippen LogP contribution in [0.5, 0.6) is 11.5 Å². The van der Waals surface area contributed by atoms with Crippen LogP contribution in [-0.4, -0.2) is 93.8 Å². The first kappa shape index (κ1) is 37.7. The van der Waals surface area contributed by atoms with Crippen LogP contribution >= 0.6 is 0 Å². The zero-order chi connectivity index (χ0) is 35.6. The van der Waals surface area contributed by atoms with Crippen LogP contribution in [0.4, 0.5) is 5.69 Å². The summed E-state index contributed by atoms with van der Waals surface area (Å²) >= 11 is 0. The van der Waals surface area contributed by atoms with Crippen molar-refractivity contribution in [3.8, 4) is 11.5 Å². The number of rotatable bonds is 10. The lowest BCUT2D eigenvalue weighted by molar-refractivity contribution is -0.131. The predicted molar refractivity (Wildman–Crippen MR) is 188 cm³/mol. The summed E-state index contributed by atoms with van der Waals surface area (Å²) in [6, 6.07) is 19.6. The van der Waals surface area contributed by atoms with E-state index in [1.807, 2.05) is 44.2 Å². The van der Waals surface area contributed by atoms with Crippen LogP contribution in [0.2, 0.25) is 0 Å². The van der Waals surface area contributed by atoms with Crippen LogP contribution in [0.1, 0.15) is 56.0 Å². The summed E-state index contributed by atoms with van der Waals surface area (Å²) < 4.78 is 46.9. The molecule has 1 aliphatic heterocycles. The Kier molecular flexibility index (Phi) is 13.5. The summed E-state index contributed by atoms with van der Waals surface area (Å²) in [4.78, 5) is 30.8. The van der Waals surface area contributed by atoms with Gasteiger partial charge in [-0.25, -0.2) is 8.42 Å². The number of methoxy groups -OCH3 is 1. The quantitative estimate of drug-likeness (QED) is 0.303. The number of fused-ring (bicyclic) bond motifs is 1. The number of carbonyl (C=O) groups is 2. The van der Waals surface area contributed by atoms with Gasteiger partial charge in [0.1, 0.15) is 11.5 Å². The van der Waals surface area contributed by atoms with Gasteiger partial charge in [-0.05, 0) is 81.1 Å². The van der Waals surface area contributed by atoms with Gasteiger partial charge in [0.05, 0.1) is 48.8 Å². The number of nitrogens with zero attached hydrogens (tertiary/aromatic N) is 2. The standard InChI is InChI=1S/C37H49N3O8S/c1-26-23-40(27(2)25-41)37(43)33-22-30(38-49(44,45)32-17-15-31(46-5)16-18-32)14-19-34(33)48-28(3)11-9-10-20-47-35(26)24-39(4)36(42)21-29-12-7-6-8-13-29/h6-8,12-19,22,26-28,35,38,41H,9-11,20-21,23-25H2,1-5H3/t26-,27-,28+,35-/m0/s1. The number of aliphatic hydroxyl groups excluding tert-OH is 1. The number of hydrogen-bond acceptors (Lipinski definition) is 8. The highest BCUT2D eigenvalue weighted by molar-refractivity contribution is 7.92. The third kappa shape index (κ3) is 10.4. The molecular weight excluding hydrogens is 646 g/mol. The molecule has 1 heterocycles. The highest BCUT2D eigenvalue weighted by atomic mass is 32.2. The number of nitrogens with one attached hydrogen (secondary N) is 1. The van der Waals surface area contributed by atoms with E-state index in [9.17, 15) is 23.1 Å². The fourth-order valence-corrected chi connectivity index (χ4v) is 6.74. The molecule has 0 aromatic heterocycles. The lowest BCUT2D eigenvalue weighted by atomic mass is 10.0. The molecule has 266 valence electrons. The Bertz CT molecular complexity index is 1640. The Morgan fingerprint density at radius 3 is 2.47 bits per heavy atom. The molecule has 4 rings (SSSR count). The maximum Gasteiger partial charge on any atom is 0.261 e. The Hall–Kier alpha value is -4.13. The van der Waals surface area contributed by atoms with E-state index in [-0.39, 0.29) is 59.8 Å². The first-order valence-corrected chi connectivity index (χ1v) is 18.2. The second kappa shape index (κ2) is 17.5. The summed E-state index contributed by atoms with van der Waals surface area (Å²) in [5, 5.41) is 10.2. The van der Waals surface area contributed by atoms with E-state index >= 15 is 0 Å². The van der Waals surface area contributed by atoms with Crippen LogP contribution in [-0.2, 0) is 26.0 Å². The average molecular weight is 696 g/mol. The molecule has 0 fully saturated rings. The van der Waals surface area contributed by atoms with Crippen molar-refractivity contribution in [3.05, 3.63) is 83.9 Å². The molecule has 2 amide bonds. The molecule has 0 spiro atoms. The first-order chi connectivity index (χ1) is 23.4. The van der Waals surface area contributed by atoms with E-state index in [0.29, 0.717) is 31.1 Å². The van der Waals surface area contributed by atoms with Crippen molar-refractivity contribution in [1.82, 2.24) is 9.80 Å². The minimum Gasteiger partial charge on any atom is -0.497 e. The van der Waals surface area contributed by atoms with Gasteiger partial charge in [0, 0.05) is 38.3 Å². The number of ether oxygens (including phenoxy) is 3. The highest BCUT2D eigenvalue weighted by Crippen LogP contribution is 2.30. The Labute approximate surface area is 290 Å². The smallest absolute Gasteiger partial charge is 0.261 e.